The summed E-state index contributed by atoms with van der Waals surface area (Å²) in [5, 5.41) is 9.84. The molecule has 0 saturated carbocycles. The van der Waals surface area contributed by atoms with E-state index < -0.39 is 0 Å². The fraction of sp³-hybridized carbons (Fsp3) is 0. The predicted octanol–water partition coefficient (Wildman–Crippen LogP) is 11.2. The van der Waals surface area contributed by atoms with Gasteiger partial charge in [-0.25, -0.2) is 15.0 Å². The van der Waals surface area contributed by atoms with Crippen molar-refractivity contribution in [1.82, 2.24) is 15.0 Å². The van der Waals surface area contributed by atoms with E-state index in [9.17, 15) is 0 Å². The molecule has 9 aromatic rings. The van der Waals surface area contributed by atoms with Gasteiger partial charge in [-0.1, -0.05) is 146 Å². The van der Waals surface area contributed by atoms with Gasteiger partial charge in [0.25, 0.3) is 0 Å². The summed E-state index contributed by atoms with van der Waals surface area (Å²) in [6, 6.07) is 57.6. The van der Waals surface area contributed by atoms with Gasteiger partial charge >= 0.3 is 0 Å². The number of nitrogens with zero attached hydrogens (tertiary/aromatic N) is 3. The van der Waals surface area contributed by atoms with Gasteiger partial charge in [-0.05, 0) is 72.4 Å². The van der Waals surface area contributed by atoms with Crippen molar-refractivity contribution in [2.45, 2.75) is 0 Å². The van der Waals surface area contributed by atoms with E-state index in [0.29, 0.717) is 17.5 Å². The van der Waals surface area contributed by atoms with E-state index >= 15 is 0 Å². The zero-order valence-corrected chi connectivity index (χ0v) is 24.9. The summed E-state index contributed by atoms with van der Waals surface area (Å²) < 4.78 is 0. The molecule has 0 saturated heterocycles. The van der Waals surface area contributed by atoms with E-state index in [0.717, 1.165) is 33.2 Å². The zero-order chi connectivity index (χ0) is 30.5. The molecule has 9 rings (SSSR count). The molecule has 0 N–H and O–H groups in total. The average Bonchev–Trinajstić information content (AvgIpc) is 3.15. The van der Waals surface area contributed by atoms with Gasteiger partial charge in [-0.15, -0.1) is 0 Å². The van der Waals surface area contributed by atoms with Crippen molar-refractivity contribution in [2.24, 2.45) is 0 Å². The first kappa shape index (κ1) is 26.2. The molecule has 0 aliphatic carbocycles. The third-order valence-electron chi connectivity index (χ3n) is 8.88. The van der Waals surface area contributed by atoms with Crippen LogP contribution in [0, 0.1) is 0 Å². The standard InChI is InChI=1S/C43H27N3/c1-3-13-28(14-4-1)41-44-42(29-15-5-2-6-16-29)46-43(45-41)40-26-31-18-8-7-17-30(31)25-38(40)32-23-24-37-35-21-10-9-19-33(35)34-20-11-12-22-36(34)39(37)27-32/h1-27H. The third-order valence-corrected chi connectivity index (χ3v) is 8.88. The molecular weight excluding hydrogens is 558 g/mol. The Morgan fingerprint density at radius 2 is 0.674 bits per heavy atom. The second-order valence-corrected chi connectivity index (χ2v) is 11.6. The van der Waals surface area contributed by atoms with Gasteiger partial charge in [-0.3, -0.25) is 0 Å². The Labute approximate surface area is 266 Å². The van der Waals surface area contributed by atoms with E-state index in [1.54, 1.807) is 0 Å². The van der Waals surface area contributed by atoms with Crippen molar-refractivity contribution in [3.63, 3.8) is 0 Å². The van der Waals surface area contributed by atoms with Gasteiger partial charge in [-0.2, -0.15) is 0 Å². The molecule has 3 nitrogen and oxygen atoms in total. The highest BCUT2D eigenvalue weighted by atomic mass is 15.0. The molecule has 1 aromatic heterocycles. The second-order valence-electron chi connectivity index (χ2n) is 11.6. The van der Waals surface area contributed by atoms with Crippen LogP contribution in [-0.2, 0) is 0 Å². The summed E-state index contributed by atoms with van der Waals surface area (Å²) in [5.74, 6) is 1.95. The van der Waals surface area contributed by atoms with Crippen LogP contribution in [0.25, 0.3) is 88.4 Å². The molecule has 0 atom stereocenters. The maximum Gasteiger partial charge on any atom is 0.164 e. The molecule has 46 heavy (non-hydrogen) atoms. The minimum atomic E-state index is 0.650. The lowest BCUT2D eigenvalue weighted by atomic mass is 9.90. The fourth-order valence-corrected chi connectivity index (χ4v) is 6.67. The first-order chi connectivity index (χ1) is 22.8. The Morgan fingerprint density at radius 3 is 1.22 bits per heavy atom. The van der Waals surface area contributed by atoms with Crippen molar-refractivity contribution in [1.29, 1.82) is 0 Å². The monoisotopic (exact) mass is 585 g/mol. The molecular formula is C43H27N3. The first-order valence-corrected chi connectivity index (χ1v) is 15.5. The van der Waals surface area contributed by atoms with Crippen LogP contribution >= 0.6 is 0 Å². The van der Waals surface area contributed by atoms with E-state index in [1.807, 2.05) is 60.7 Å². The lowest BCUT2D eigenvalue weighted by molar-refractivity contribution is 1.07. The third kappa shape index (κ3) is 4.41. The van der Waals surface area contributed by atoms with Gasteiger partial charge in [0.1, 0.15) is 0 Å². The Hall–Kier alpha value is -6.19. The van der Waals surface area contributed by atoms with Gasteiger partial charge in [0.05, 0.1) is 0 Å². The van der Waals surface area contributed by atoms with Crippen molar-refractivity contribution < 1.29 is 0 Å². The maximum atomic E-state index is 5.12. The van der Waals surface area contributed by atoms with Crippen LogP contribution in [0.4, 0.5) is 0 Å². The first-order valence-electron chi connectivity index (χ1n) is 15.5. The number of rotatable bonds is 4. The molecule has 0 unspecified atom stereocenters. The minimum absolute atomic E-state index is 0.650. The molecule has 214 valence electrons. The zero-order valence-electron chi connectivity index (χ0n) is 24.9. The molecule has 0 amide bonds. The molecule has 0 aliphatic heterocycles. The quantitative estimate of drug-likeness (QED) is 0.193. The fourth-order valence-electron chi connectivity index (χ4n) is 6.67. The highest BCUT2D eigenvalue weighted by Crippen LogP contribution is 2.40. The molecule has 8 aromatic carbocycles. The number of benzene rings is 8. The normalized spacial score (nSPS) is 11.5. The number of hydrogen-bond acceptors (Lipinski definition) is 3. The molecule has 0 aliphatic rings. The Morgan fingerprint density at radius 1 is 0.261 bits per heavy atom. The highest BCUT2D eigenvalue weighted by molar-refractivity contribution is 6.25. The van der Waals surface area contributed by atoms with Crippen LogP contribution in [-0.4, -0.2) is 15.0 Å². The minimum Gasteiger partial charge on any atom is -0.208 e. The van der Waals surface area contributed by atoms with E-state index in [1.165, 1.54) is 37.7 Å². The molecule has 0 radical (unpaired) electrons. The van der Waals surface area contributed by atoms with E-state index in [2.05, 4.69) is 103 Å². The van der Waals surface area contributed by atoms with Crippen molar-refractivity contribution in [3.05, 3.63) is 164 Å². The molecule has 0 bridgehead atoms. The second kappa shape index (κ2) is 10.8. The van der Waals surface area contributed by atoms with Gasteiger partial charge in [0, 0.05) is 16.7 Å². The SMILES string of the molecule is c1ccc(-c2nc(-c3ccccc3)nc(-c3cc4ccccc4cc3-c3ccc4c5ccccc5c5ccccc5c4c3)n2)cc1. The topological polar surface area (TPSA) is 38.7 Å². The number of fused-ring (bicyclic) bond motifs is 7. The Kier molecular flexibility index (Phi) is 6.14. The summed E-state index contributed by atoms with van der Waals surface area (Å²) >= 11 is 0. The summed E-state index contributed by atoms with van der Waals surface area (Å²) in [7, 11) is 0. The smallest absolute Gasteiger partial charge is 0.164 e. The molecule has 0 fully saturated rings. The van der Waals surface area contributed by atoms with Crippen LogP contribution in [0.1, 0.15) is 0 Å². The molecule has 0 spiro atoms. The maximum absolute atomic E-state index is 5.12. The number of hydrogen-bond donors (Lipinski definition) is 0. The average molecular weight is 586 g/mol. The molecule has 1 heterocycles. The van der Waals surface area contributed by atoms with Crippen LogP contribution in [0.15, 0.2) is 164 Å². The van der Waals surface area contributed by atoms with Crippen LogP contribution < -0.4 is 0 Å². The summed E-state index contributed by atoms with van der Waals surface area (Å²) in [5.41, 5.74) is 5.09. The van der Waals surface area contributed by atoms with Gasteiger partial charge in [0.15, 0.2) is 17.5 Å². The van der Waals surface area contributed by atoms with Crippen molar-refractivity contribution >= 4 is 43.1 Å². The summed E-state index contributed by atoms with van der Waals surface area (Å²) in [6.45, 7) is 0. The summed E-state index contributed by atoms with van der Waals surface area (Å²) in [4.78, 5) is 15.2. The summed E-state index contributed by atoms with van der Waals surface area (Å²) in [6.07, 6.45) is 0. The van der Waals surface area contributed by atoms with Crippen molar-refractivity contribution in [2.75, 3.05) is 0 Å². The Balaban J connectivity index is 1.34. The lowest BCUT2D eigenvalue weighted by Gasteiger charge is -2.15. The van der Waals surface area contributed by atoms with Crippen LogP contribution in [0.2, 0.25) is 0 Å². The van der Waals surface area contributed by atoms with Crippen molar-refractivity contribution in [3.8, 4) is 45.3 Å². The van der Waals surface area contributed by atoms with Gasteiger partial charge < -0.3 is 0 Å². The highest BCUT2D eigenvalue weighted by Gasteiger charge is 2.18. The number of aromatic nitrogens is 3. The lowest BCUT2D eigenvalue weighted by Crippen LogP contribution is -2.01. The van der Waals surface area contributed by atoms with Crippen LogP contribution in [0.5, 0.6) is 0 Å². The Bertz CT molecular complexity index is 2480. The van der Waals surface area contributed by atoms with E-state index in [-0.39, 0.29) is 0 Å². The predicted molar refractivity (Wildman–Crippen MR) is 192 cm³/mol. The van der Waals surface area contributed by atoms with Gasteiger partial charge in [0.2, 0.25) is 0 Å². The molecule has 3 heteroatoms. The largest absolute Gasteiger partial charge is 0.208 e. The van der Waals surface area contributed by atoms with E-state index in [4.69, 9.17) is 15.0 Å². The van der Waals surface area contributed by atoms with Crippen LogP contribution in [0.3, 0.4) is 0 Å².